The molecule has 0 unspecified atom stereocenters. The highest BCUT2D eigenvalue weighted by molar-refractivity contribution is 6.30. The average Bonchev–Trinajstić information content (AvgIpc) is 3.34. The van der Waals surface area contributed by atoms with Crippen molar-refractivity contribution in [2.75, 3.05) is 11.9 Å². The summed E-state index contributed by atoms with van der Waals surface area (Å²) in [5.41, 5.74) is 10.1. The Bertz CT molecular complexity index is 1190. The molecule has 5 rings (SSSR count). The first kappa shape index (κ1) is 21.4. The lowest BCUT2D eigenvalue weighted by molar-refractivity contribution is 0.138. The standard InChI is InChI=1S/C27H26ClN3O2/c1-17-4-6-18(7-5-17)23-16-31(30-25(23)19-8-10-21(28)11-9-19)26(32)29-22-12-13-24-20(14-22)15-27(2,3)33-24/h4-14,30H,15-16H2,1-3H3,(H,29,32). The van der Waals surface area contributed by atoms with Crippen molar-refractivity contribution < 1.29 is 9.53 Å². The molecule has 3 aromatic rings. The normalized spacial score (nSPS) is 16.3. The number of urea groups is 1. The zero-order valence-electron chi connectivity index (χ0n) is 18.9. The Labute approximate surface area is 199 Å². The molecule has 0 saturated carbocycles. The van der Waals surface area contributed by atoms with Gasteiger partial charge in [0.15, 0.2) is 0 Å². The number of halogens is 1. The minimum atomic E-state index is -0.221. The van der Waals surface area contributed by atoms with Crippen LogP contribution in [0.3, 0.4) is 0 Å². The molecule has 5 nitrogen and oxygen atoms in total. The van der Waals surface area contributed by atoms with E-state index in [2.05, 4.69) is 55.8 Å². The van der Waals surface area contributed by atoms with Crippen LogP contribution in [0, 0.1) is 6.92 Å². The first-order valence-electron chi connectivity index (χ1n) is 11.0. The first-order chi connectivity index (χ1) is 15.8. The third-order valence-corrected chi connectivity index (χ3v) is 6.21. The number of fused-ring (bicyclic) bond motifs is 1. The molecule has 33 heavy (non-hydrogen) atoms. The van der Waals surface area contributed by atoms with E-state index in [0.717, 1.165) is 45.8 Å². The van der Waals surface area contributed by atoms with E-state index in [4.69, 9.17) is 16.3 Å². The molecule has 0 aliphatic carbocycles. The zero-order valence-corrected chi connectivity index (χ0v) is 19.7. The quantitative estimate of drug-likeness (QED) is 0.484. The molecular weight excluding hydrogens is 434 g/mol. The van der Waals surface area contributed by atoms with E-state index < -0.39 is 0 Å². The van der Waals surface area contributed by atoms with E-state index in [-0.39, 0.29) is 11.6 Å². The van der Waals surface area contributed by atoms with Crippen LogP contribution < -0.4 is 15.5 Å². The van der Waals surface area contributed by atoms with Crippen molar-refractivity contribution in [1.82, 2.24) is 10.4 Å². The van der Waals surface area contributed by atoms with Crippen LogP contribution >= 0.6 is 11.6 Å². The van der Waals surface area contributed by atoms with Gasteiger partial charge in [-0.1, -0.05) is 53.6 Å². The summed E-state index contributed by atoms with van der Waals surface area (Å²) in [4.78, 5) is 13.2. The van der Waals surface area contributed by atoms with Gasteiger partial charge in [-0.15, -0.1) is 0 Å². The summed E-state index contributed by atoms with van der Waals surface area (Å²) >= 11 is 6.10. The van der Waals surface area contributed by atoms with Gasteiger partial charge in [-0.2, -0.15) is 0 Å². The van der Waals surface area contributed by atoms with E-state index in [1.54, 1.807) is 5.01 Å². The molecule has 2 aliphatic rings. The van der Waals surface area contributed by atoms with Gasteiger partial charge >= 0.3 is 6.03 Å². The fraction of sp³-hybridized carbons (Fsp3) is 0.222. The number of carbonyl (C=O) groups is 1. The second-order valence-corrected chi connectivity index (χ2v) is 9.65. The molecule has 0 atom stereocenters. The third-order valence-electron chi connectivity index (χ3n) is 5.96. The monoisotopic (exact) mass is 459 g/mol. The molecule has 2 aliphatic heterocycles. The largest absolute Gasteiger partial charge is 0.487 e. The number of hydrazine groups is 1. The Morgan fingerprint density at radius 3 is 2.45 bits per heavy atom. The van der Waals surface area contributed by atoms with E-state index in [1.807, 2.05) is 42.5 Å². The number of benzene rings is 3. The molecule has 6 heteroatoms. The van der Waals surface area contributed by atoms with Crippen molar-refractivity contribution in [3.63, 3.8) is 0 Å². The maximum atomic E-state index is 13.2. The number of anilines is 1. The van der Waals surface area contributed by atoms with Gasteiger partial charge in [-0.05, 0) is 62.2 Å². The van der Waals surface area contributed by atoms with Crippen LogP contribution in [0.15, 0.2) is 66.7 Å². The van der Waals surface area contributed by atoms with Crippen LogP contribution in [0.25, 0.3) is 11.3 Å². The minimum Gasteiger partial charge on any atom is -0.487 e. The topological polar surface area (TPSA) is 53.6 Å². The molecule has 0 aromatic heterocycles. The molecule has 2 amide bonds. The smallest absolute Gasteiger partial charge is 0.340 e. The van der Waals surface area contributed by atoms with E-state index in [1.165, 1.54) is 5.56 Å². The van der Waals surface area contributed by atoms with Crippen molar-refractivity contribution in [2.24, 2.45) is 0 Å². The van der Waals surface area contributed by atoms with Gasteiger partial charge in [0.2, 0.25) is 0 Å². The summed E-state index contributed by atoms with van der Waals surface area (Å²) in [6, 6.07) is 21.5. The van der Waals surface area contributed by atoms with E-state index >= 15 is 0 Å². The van der Waals surface area contributed by atoms with Crippen molar-refractivity contribution in [1.29, 1.82) is 0 Å². The number of nitrogens with one attached hydrogen (secondary N) is 2. The van der Waals surface area contributed by atoms with Gasteiger partial charge in [0, 0.05) is 28.3 Å². The van der Waals surface area contributed by atoms with Gasteiger partial charge in [-0.3, -0.25) is 5.43 Å². The molecule has 0 fully saturated rings. The second kappa shape index (κ2) is 8.16. The summed E-state index contributed by atoms with van der Waals surface area (Å²) in [6.07, 6.45) is 0.813. The van der Waals surface area contributed by atoms with Crippen molar-refractivity contribution in [2.45, 2.75) is 32.8 Å². The van der Waals surface area contributed by atoms with Gasteiger partial charge in [0.1, 0.15) is 11.4 Å². The van der Waals surface area contributed by atoms with Crippen LogP contribution in [-0.4, -0.2) is 23.2 Å². The molecule has 0 saturated heterocycles. The highest BCUT2D eigenvalue weighted by atomic mass is 35.5. The highest BCUT2D eigenvalue weighted by Gasteiger charge is 2.31. The average molecular weight is 460 g/mol. The minimum absolute atomic E-state index is 0.220. The number of amides is 2. The van der Waals surface area contributed by atoms with Crippen molar-refractivity contribution in [3.8, 4) is 5.75 Å². The summed E-state index contributed by atoms with van der Waals surface area (Å²) in [5, 5.41) is 5.30. The molecular formula is C27H26ClN3O2. The SMILES string of the molecule is Cc1ccc(C2=C(c3ccc(Cl)cc3)NN(C(=O)Nc3ccc4c(c3)CC(C)(C)O4)C2)cc1. The fourth-order valence-electron chi connectivity index (χ4n) is 4.33. The Morgan fingerprint density at radius 1 is 1.03 bits per heavy atom. The lowest BCUT2D eigenvalue weighted by atomic mass is 10.00. The summed E-state index contributed by atoms with van der Waals surface area (Å²) in [6.45, 7) is 6.63. The molecule has 168 valence electrons. The highest BCUT2D eigenvalue weighted by Crippen LogP contribution is 2.36. The Kier molecular flexibility index (Phi) is 5.29. The molecule has 0 spiro atoms. The van der Waals surface area contributed by atoms with Crippen LogP contribution in [0.5, 0.6) is 5.75 Å². The maximum Gasteiger partial charge on any atom is 0.340 e. The van der Waals surface area contributed by atoms with Crippen molar-refractivity contribution >= 4 is 34.6 Å². The summed E-state index contributed by atoms with van der Waals surface area (Å²) < 4.78 is 5.95. The van der Waals surface area contributed by atoms with Crippen molar-refractivity contribution in [3.05, 3.63) is 94.0 Å². The second-order valence-electron chi connectivity index (χ2n) is 9.22. The first-order valence-corrected chi connectivity index (χ1v) is 11.4. The van der Waals surface area contributed by atoms with Crippen LogP contribution in [0.1, 0.15) is 36.1 Å². The van der Waals surface area contributed by atoms with Crippen LogP contribution in [0.2, 0.25) is 5.02 Å². The third kappa shape index (κ3) is 4.41. The number of hydrogen-bond acceptors (Lipinski definition) is 3. The Hall–Kier alpha value is -3.44. The molecule has 3 aromatic carbocycles. The predicted octanol–water partition coefficient (Wildman–Crippen LogP) is 6.28. The van der Waals surface area contributed by atoms with E-state index in [9.17, 15) is 4.79 Å². The maximum absolute atomic E-state index is 13.2. The number of ether oxygens (including phenoxy) is 1. The molecule has 0 bridgehead atoms. The molecule has 2 N–H and O–H groups in total. The lowest BCUT2D eigenvalue weighted by Gasteiger charge is -2.19. The number of nitrogens with zero attached hydrogens (tertiary/aromatic N) is 1. The number of carbonyl (C=O) groups excluding carboxylic acids is 1. The van der Waals surface area contributed by atoms with Gasteiger partial charge in [-0.25, -0.2) is 9.80 Å². The van der Waals surface area contributed by atoms with Gasteiger partial charge in [0.25, 0.3) is 0 Å². The Morgan fingerprint density at radius 2 is 1.73 bits per heavy atom. The summed E-state index contributed by atoms with van der Waals surface area (Å²) in [7, 11) is 0. The lowest BCUT2D eigenvalue weighted by Crippen LogP contribution is -2.40. The number of rotatable bonds is 3. The Balaban J connectivity index is 1.39. The zero-order chi connectivity index (χ0) is 23.2. The fourth-order valence-corrected chi connectivity index (χ4v) is 4.45. The van der Waals surface area contributed by atoms with Crippen LogP contribution in [-0.2, 0) is 6.42 Å². The number of aryl methyl sites for hydroxylation is 1. The van der Waals surface area contributed by atoms with Crippen LogP contribution in [0.4, 0.5) is 10.5 Å². The van der Waals surface area contributed by atoms with E-state index in [0.29, 0.717) is 11.6 Å². The predicted molar refractivity (Wildman–Crippen MR) is 133 cm³/mol. The summed E-state index contributed by atoms with van der Waals surface area (Å²) in [5.74, 6) is 0.880. The number of hydrogen-bond donors (Lipinski definition) is 2. The molecule has 2 heterocycles. The van der Waals surface area contributed by atoms with Gasteiger partial charge < -0.3 is 10.1 Å². The van der Waals surface area contributed by atoms with Gasteiger partial charge in [0.05, 0.1) is 12.2 Å². The molecule has 0 radical (unpaired) electrons.